The molecule has 1 fully saturated rings. The molecular weight excluding hydrogens is 260 g/mol. The molecule has 0 spiro atoms. The number of anilines is 2. The second-order valence-corrected chi connectivity index (χ2v) is 7.41. The lowest BCUT2D eigenvalue weighted by molar-refractivity contribution is 0.532. The van der Waals surface area contributed by atoms with E-state index in [9.17, 15) is 0 Å². The molecule has 2 N–H and O–H groups in total. The Morgan fingerprint density at radius 2 is 1.81 bits per heavy atom. The predicted molar refractivity (Wildman–Crippen MR) is 89.9 cm³/mol. The van der Waals surface area contributed by atoms with E-state index in [1.165, 1.54) is 19.3 Å². The molecule has 2 rings (SSSR count). The SMILES string of the molecule is CCNc1cc(NCC2CCC(C)C2)nc(C(C)(C)C)n1. The topological polar surface area (TPSA) is 49.8 Å². The zero-order chi connectivity index (χ0) is 15.5. The maximum absolute atomic E-state index is 4.70. The summed E-state index contributed by atoms with van der Waals surface area (Å²) in [7, 11) is 0. The molecule has 1 heterocycles. The second kappa shape index (κ2) is 6.63. The van der Waals surface area contributed by atoms with E-state index in [-0.39, 0.29) is 5.41 Å². The molecule has 1 aromatic heterocycles. The Morgan fingerprint density at radius 1 is 1.14 bits per heavy atom. The highest BCUT2D eigenvalue weighted by atomic mass is 15.1. The second-order valence-electron chi connectivity index (χ2n) is 7.41. The van der Waals surface area contributed by atoms with Crippen LogP contribution in [-0.2, 0) is 5.41 Å². The summed E-state index contributed by atoms with van der Waals surface area (Å²) in [5, 5.41) is 6.83. The first-order valence-electron chi connectivity index (χ1n) is 8.25. The van der Waals surface area contributed by atoms with Crippen LogP contribution >= 0.6 is 0 Å². The molecule has 1 saturated carbocycles. The average molecular weight is 290 g/mol. The van der Waals surface area contributed by atoms with Crippen molar-refractivity contribution in [3.8, 4) is 0 Å². The lowest BCUT2D eigenvalue weighted by Crippen LogP contribution is -2.20. The van der Waals surface area contributed by atoms with Gasteiger partial charge in [-0.2, -0.15) is 0 Å². The molecule has 2 atom stereocenters. The van der Waals surface area contributed by atoms with Crippen molar-refractivity contribution in [3.05, 3.63) is 11.9 Å². The van der Waals surface area contributed by atoms with Gasteiger partial charge in [0, 0.05) is 24.6 Å². The largest absolute Gasteiger partial charge is 0.370 e. The number of hydrogen-bond donors (Lipinski definition) is 2. The van der Waals surface area contributed by atoms with Crippen molar-refractivity contribution >= 4 is 11.6 Å². The molecule has 1 aliphatic carbocycles. The number of hydrogen-bond acceptors (Lipinski definition) is 4. The van der Waals surface area contributed by atoms with Crippen molar-refractivity contribution in [2.45, 2.75) is 59.3 Å². The monoisotopic (exact) mass is 290 g/mol. The first-order valence-corrected chi connectivity index (χ1v) is 8.25. The first-order chi connectivity index (χ1) is 9.88. The fraction of sp³-hybridized carbons (Fsp3) is 0.765. The molecule has 0 amide bonds. The molecule has 1 aliphatic rings. The third kappa shape index (κ3) is 4.58. The quantitative estimate of drug-likeness (QED) is 0.859. The van der Waals surface area contributed by atoms with Crippen LogP contribution in [-0.4, -0.2) is 23.1 Å². The summed E-state index contributed by atoms with van der Waals surface area (Å²) >= 11 is 0. The van der Waals surface area contributed by atoms with Gasteiger partial charge in [0.2, 0.25) is 0 Å². The van der Waals surface area contributed by atoms with E-state index in [0.717, 1.165) is 42.4 Å². The molecule has 0 saturated heterocycles. The van der Waals surface area contributed by atoms with Gasteiger partial charge >= 0.3 is 0 Å². The zero-order valence-corrected chi connectivity index (χ0v) is 14.2. The molecule has 1 aromatic rings. The van der Waals surface area contributed by atoms with E-state index in [2.05, 4.69) is 50.2 Å². The summed E-state index contributed by atoms with van der Waals surface area (Å²) < 4.78 is 0. The lowest BCUT2D eigenvalue weighted by atomic mass is 9.96. The van der Waals surface area contributed by atoms with E-state index < -0.39 is 0 Å². The first kappa shape index (κ1) is 16.1. The normalized spacial score (nSPS) is 22.3. The Morgan fingerprint density at radius 3 is 2.33 bits per heavy atom. The smallest absolute Gasteiger partial charge is 0.138 e. The predicted octanol–water partition coefficient (Wildman–Crippen LogP) is 4.05. The Bertz CT molecular complexity index is 464. The Kier molecular flexibility index (Phi) is 5.07. The minimum atomic E-state index is -0.0380. The van der Waals surface area contributed by atoms with Crippen LogP contribution in [0.1, 0.15) is 59.7 Å². The molecule has 0 aromatic carbocycles. The van der Waals surface area contributed by atoms with Crippen LogP contribution in [0.15, 0.2) is 6.07 Å². The summed E-state index contributed by atoms with van der Waals surface area (Å²) in [4.78, 5) is 9.33. The van der Waals surface area contributed by atoms with Crippen molar-refractivity contribution in [2.24, 2.45) is 11.8 Å². The highest BCUT2D eigenvalue weighted by molar-refractivity contribution is 5.48. The van der Waals surface area contributed by atoms with Crippen LogP contribution in [0.2, 0.25) is 0 Å². The van der Waals surface area contributed by atoms with Gasteiger partial charge in [0.15, 0.2) is 0 Å². The number of nitrogens with one attached hydrogen (secondary N) is 2. The summed E-state index contributed by atoms with van der Waals surface area (Å²) in [6.45, 7) is 12.8. The van der Waals surface area contributed by atoms with Crippen molar-refractivity contribution < 1.29 is 0 Å². The summed E-state index contributed by atoms with van der Waals surface area (Å²) in [6, 6.07) is 2.02. The highest BCUT2D eigenvalue weighted by Crippen LogP contribution is 2.30. The Balaban J connectivity index is 2.08. The van der Waals surface area contributed by atoms with Gasteiger partial charge in [-0.05, 0) is 31.6 Å². The van der Waals surface area contributed by atoms with Gasteiger partial charge in [-0.3, -0.25) is 0 Å². The maximum Gasteiger partial charge on any atom is 0.138 e. The van der Waals surface area contributed by atoms with Gasteiger partial charge in [-0.25, -0.2) is 9.97 Å². The lowest BCUT2D eigenvalue weighted by Gasteiger charge is -2.20. The van der Waals surface area contributed by atoms with Gasteiger partial charge in [0.25, 0.3) is 0 Å². The Hall–Kier alpha value is -1.32. The summed E-state index contributed by atoms with van der Waals surface area (Å²) in [5.74, 6) is 4.42. The fourth-order valence-electron chi connectivity index (χ4n) is 2.90. The van der Waals surface area contributed by atoms with Gasteiger partial charge < -0.3 is 10.6 Å². The van der Waals surface area contributed by atoms with Crippen LogP contribution < -0.4 is 10.6 Å². The van der Waals surface area contributed by atoms with Crippen molar-refractivity contribution in [1.29, 1.82) is 0 Å². The van der Waals surface area contributed by atoms with Gasteiger partial charge in [-0.15, -0.1) is 0 Å². The van der Waals surface area contributed by atoms with E-state index in [1.54, 1.807) is 0 Å². The van der Waals surface area contributed by atoms with E-state index in [0.29, 0.717) is 0 Å². The molecule has 0 aliphatic heterocycles. The average Bonchev–Trinajstić information content (AvgIpc) is 2.81. The zero-order valence-electron chi connectivity index (χ0n) is 14.2. The number of aromatic nitrogens is 2. The highest BCUT2D eigenvalue weighted by Gasteiger charge is 2.22. The van der Waals surface area contributed by atoms with Crippen molar-refractivity contribution in [1.82, 2.24) is 9.97 Å². The molecule has 118 valence electrons. The van der Waals surface area contributed by atoms with Gasteiger partial charge in [0.05, 0.1) is 0 Å². The van der Waals surface area contributed by atoms with E-state index in [4.69, 9.17) is 4.98 Å². The molecule has 2 unspecified atom stereocenters. The van der Waals surface area contributed by atoms with Crippen LogP contribution in [0, 0.1) is 11.8 Å². The van der Waals surface area contributed by atoms with Crippen LogP contribution in [0.25, 0.3) is 0 Å². The molecule has 4 nitrogen and oxygen atoms in total. The van der Waals surface area contributed by atoms with Crippen molar-refractivity contribution in [3.63, 3.8) is 0 Å². The van der Waals surface area contributed by atoms with Crippen LogP contribution in [0.3, 0.4) is 0 Å². The molecule has 21 heavy (non-hydrogen) atoms. The standard InChI is InChI=1S/C17H30N4/c1-6-18-14-10-15(21-16(20-14)17(3,4)5)19-11-13-8-7-12(2)9-13/h10,12-13H,6-9,11H2,1-5H3,(H2,18,19,20,21). The van der Waals surface area contributed by atoms with Crippen LogP contribution in [0.5, 0.6) is 0 Å². The Labute approximate surface area is 129 Å². The van der Waals surface area contributed by atoms with Gasteiger partial charge in [-0.1, -0.05) is 34.1 Å². The fourth-order valence-corrected chi connectivity index (χ4v) is 2.90. The summed E-state index contributed by atoms with van der Waals surface area (Å²) in [6.07, 6.45) is 4.04. The third-order valence-corrected chi connectivity index (χ3v) is 4.13. The molecule has 0 radical (unpaired) electrons. The van der Waals surface area contributed by atoms with E-state index in [1.807, 2.05) is 6.07 Å². The molecule has 0 bridgehead atoms. The van der Waals surface area contributed by atoms with Crippen molar-refractivity contribution in [2.75, 3.05) is 23.7 Å². The third-order valence-electron chi connectivity index (χ3n) is 4.13. The van der Waals surface area contributed by atoms with Crippen LogP contribution in [0.4, 0.5) is 11.6 Å². The minimum Gasteiger partial charge on any atom is -0.370 e. The summed E-state index contributed by atoms with van der Waals surface area (Å²) in [5.41, 5.74) is -0.0380. The minimum absolute atomic E-state index is 0.0380. The molecular formula is C17H30N4. The molecule has 4 heteroatoms. The van der Waals surface area contributed by atoms with Gasteiger partial charge in [0.1, 0.15) is 17.5 Å². The maximum atomic E-state index is 4.70. The number of nitrogens with zero attached hydrogens (tertiary/aromatic N) is 2. The number of rotatable bonds is 5. The van der Waals surface area contributed by atoms with E-state index >= 15 is 0 Å².